The number of aryl methyl sites for hydroxylation is 1. The van der Waals surface area contributed by atoms with E-state index in [0.29, 0.717) is 0 Å². The highest BCUT2D eigenvalue weighted by molar-refractivity contribution is 14.0. The number of rotatable bonds is 6. The molecule has 0 aliphatic carbocycles. The summed E-state index contributed by atoms with van der Waals surface area (Å²) < 4.78 is 5.46. The van der Waals surface area contributed by atoms with Crippen LogP contribution in [0.25, 0.3) is 0 Å². The maximum Gasteiger partial charge on any atom is 0.191 e. The van der Waals surface area contributed by atoms with Crippen LogP contribution in [-0.4, -0.2) is 62.5 Å². The first-order valence-corrected chi connectivity index (χ1v) is 10.1. The molecule has 26 heavy (non-hydrogen) atoms. The van der Waals surface area contributed by atoms with E-state index in [0.717, 1.165) is 45.4 Å². The molecule has 1 heterocycles. The fourth-order valence-electron chi connectivity index (χ4n) is 2.98. The number of ether oxygens (including phenoxy) is 1. The molecule has 1 saturated heterocycles. The van der Waals surface area contributed by atoms with Crippen LogP contribution < -0.4 is 10.6 Å². The Morgan fingerprint density at radius 3 is 2.58 bits per heavy atom. The third-order valence-corrected chi connectivity index (χ3v) is 5.49. The minimum absolute atomic E-state index is 0. The summed E-state index contributed by atoms with van der Waals surface area (Å²) in [6.45, 7) is 11.9. The fourth-order valence-corrected chi connectivity index (χ4v) is 3.68. The Morgan fingerprint density at radius 2 is 1.96 bits per heavy atom. The molecule has 1 fully saturated rings. The summed E-state index contributed by atoms with van der Waals surface area (Å²) in [5.41, 5.74) is 2.66. The number of halogens is 1. The molecule has 0 aromatic heterocycles. The minimum atomic E-state index is 0. The van der Waals surface area contributed by atoms with Gasteiger partial charge in [-0.1, -0.05) is 12.1 Å². The summed E-state index contributed by atoms with van der Waals surface area (Å²) in [7, 11) is 1.82. The number of guanidine groups is 1. The number of nitrogens with zero attached hydrogens (tertiary/aromatic N) is 2. The van der Waals surface area contributed by atoms with E-state index in [2.05, 4.69) is 65.8 Å². The fraction of sp³-hybridized carbons (Fsp3) is 0.632. The van der Waals surface area contributed by atoms with Crippen molar-refractivity contribution in [3.63, 3.8) is 0 Å². The Hall–Kier alpha value is -0.510. The lowest BCUT2D eigenvalue weighted by atomic mass is 10.0. The molecule has 5 nitrogen and oxygen atoms in total. The van der Waals surface area contributed by atoms with Gasteiger partial charge >= 0.3 is 0 Å². The lowest BCUT2D eigenvalue weighted by Crippen LogP contribution is -2.56. The molecule has 148 valence electrons. The second-order valence-corrected chi connectivity index (χ2v) is 7.85. The number of benzene rings is 1. The summed E-state index contributed by atoms with van der Waals surface area (Å²) in [5.74, 6) is 0.842. The van der Waals surface area contributed by atoms with Crippen LogP contribution in [0, 0.1) is 6.92 Å². The van der Waals surface area contributed by atoms with E-state index in [9.17, 15) is 0 Å². The molecule has 0 atom stereocenters. The molecular weight excluding hydrogens is 459 g/mol. The zero-order chi connectivity index (χ0) is 18.3. The van der Waals surface area contributed by atoms with Gasteiger partial charge in [0.2, 0.25) is 0 Å². The molecule has 2 N–H and O–H groups in total. The van der Waals surface area contributed by atoms with Gasteiger partial charge < -0.3 is 15.4 Å². The van der Waals surface area contributed by atoms with Crippen molar-refractivity contribution in [2.24, 2.45) is 4.99 Å². The van der Waals surface area contributed by atoms with Crippen LogP contribution >= 0.6 is 35.7 Å². The number of aliphatic imine (C=N–C) groups is 1. The largest absolute Gasteiger partial charge is 0.379 e. The summed E-state index contributed by atoms with van der Waals surface area (Å²) in [6.07, 6.45) is 2.12. The lowest BCUT2D eigenvalue weighted by molar-refractivity contribution is -0.00834. The van der Waals surface area contributed by atoms with Gasteiger partial charge in [0.1, 0.15) is 0 Å². The monoisotopic (exact) mass is 492 g/mol. The first-order valence-electron chi connectivity index (χ1n) is 8.87. The van der Waals surface area contributed by atoms with Gasteiger partial charge in [0.05, 0.1) is 13.2 Å². The Kier molecular flexibility index (Phi) is 10.3. The van der Waals surface area contributed by atoms with Crippen molar-refractivity contribution in [1.82, 2.24) is 15.5 Å². The quantitative estimate of drug-likeness (QED) is 0.277. The number of nitrogens with one attached hydrogen (secondary N) is 2. The molecule has 0 spiro atoms. The van der Waals surface area contributed by atoms with Gasteiger partial charge in [0, 0.05) is 43.7 Å². The normalized spacial score (nSPS) is 16.1. The minimum Gasteiger partial charge on any atom is -0.379 e. The second kappa shape index (κ2) is 11.4. The standard InChI is InChI=1S/C19H32N4OS.HI/c1-15-6-7-16(17(12-15)25-5)13-21-18(20-4)22-14-19(2,3)23-8-10-24-11-9-23;/h6-7,12H,8-11,13-14H2,1-5H3,(H2,20,21,22);1H. The molecule has 1 aliphatic heterocycles. The number of hydrogen-bond donors (Lipinski definition) is 2. The molecule has 0 unspecified atom stereocenters. The molecule has 0 bridgehead atoms. The topological polar surface area (TPSA) is 48.9 Å². The van der Waals surface area contributed by atoms with Crippen molar-refractivity contribution in [2.45, 2.75) is 37.8 Å². The van der Waals surface area contributed by atoms with Crippen LogP contribution in [0.15, 0.2) is 28.1 Å². The van der Waals surface area contributed by atoms with Gasteiger partial charge in [-0.05, 0) is 44.2 Å². The van der Waals surface area contributed by atoms with E-state index >= 15 is 0 Å². The van der Waals surface area contributed by atoms with Crippen molar-refractivity contribution in [2.75, 3.05) is 46.2 Å². The van der Waals surface area contributed by atoms with Crippen LogP contribution in [0.2, 0.25) is 0 Å². The smallest absolute Gasteiger partial charge is 0.191 e. The zero-order valence-electron chi connectivity index (χ0n) is 16.6. The van der Waals surface area contributed by atoms with Crippen LogP contribution in [-0.2, 0) is 11.3 Å². The molecule has 2 rings (SSSR count). The van der Waals surface area contributed by atoms with E-state index in [-0.39, 0.29) is 29.5 Å². The summed E-state index contributed by atoms with van der Waals surface area (Å²) in [6, 6.07) is 6.59. The molecule has 0 amide bonds. The van der Waals surface area contributed by atoms with Gasteiger partial charge in [-0.2, -0.15) is 0 Å². The molecule has 1 aromatic carbocycles. The first kappa shape index (κ1) is 23.5. The third kappa shape index (κ3) is 6.90. The van der Waals surface area contributed by atoms with Crippen LogP contribution in [0.4, 0.5) is 0 Å². The Balaban J connectivity index is 0.00000338. The van der Waals surface area contributed by atoms with Crippen molar-refractivity contribution in [1.29, 1.82) is 0 Å². The average Bonchev–Trinajstić information content (AvgIpc) is 2.63. The molecule has 0 saturated carbocycles. The maximum absolute atomic E-state index is 5.46. The lowest BCUT2D eigenvalue weighted by Gasteiger charge is -2.41. The van der Waals surface area contributed by atoms with E-state index in [1.807, 2.05) is 7.05 Å². The van der Waals surface area contributed by atoms with Crippen molar-refractivity contribution in [3.8, 4) is 0 Å². The van der Waals surface area contributed by atoms with E-state index < -0.39 is 0 Å². The highest BCUT2D eigenvalue weighted by Crippen LogP contribution is 2.21. The van der Waals surface area contributed by atoms with E-state index in [4.69, 9.17) is 4.74 Å². The Labute approximate surface area is 179 Å². The average molecular weight is 492 g/mol. The van der Waals surface area contributed by atoms with Crippen LogP contribution in [0.5, 0.6) is 0 Å². The Bertz CT molecular complexity index is 589. The van der Waals surface area contributed by atoms with Gasteiger partial charge in [-0.15, -0.1) is 35.7 Å². The van der Waals surface area contributed by atoms with Crippen LogP contribution in [0.3, 0.4) is 0 Å². The van der Waals surface area contributed by atoms with Gasteiger partial charge in [0.15, 0.2) is 5.96 Å². The van der Waals surface area contributed by atoms with Crippen molar-refractivity contribution >= 4 is 41.7 Å². The zero-order valence-corrected chi connectivity index (χ0v) is 19.7. The second-order valence-electron chi connectivity index (χ2n) is 7.01. The molecular formula is C19H33IN4OS. The van der Waals surface area contributed by atoms with Crippen LogP contribution in [0.1, 0.15) is 25.0 Å². The van der Waals surface area contributed by atoms with Gasteiger partial charge in [-0.3, -0.25) is 9.89 Å². The maximum atomic E-state index is 5.46. The summed E-state index contributed by atoms with van der Waals surface area (Å²) >= 11 is 1.79. The van der Waals surface area contributed by atoms with Crippen molar-refractivity contribution < 1.29 is 4.74 Å². The van der Waals surface area contributed by atoms with Gasteiger partial charge in [0.25, 0.3) is 0 Å². The molecule has 1 aliphatic rings. The van der Waals surface area contributed by atoms with Gasteiger partial charge in [-0.25, -0.2) is 0 Å². The molecule has 0 radical (unpaired) electrons. The predicted molar refractivity (Wildman–Crippen MR) is 123 cm³/mol. The van der Waals surface area contributed by atoms with E-state index in [1.165, 1.54) is 16.0 Å². The molecule has 7 heteroatoms. The SMILES string of the molecule is CN=C(NCc1ccc(C)cc1SC)NCC(C)(C)N1CCOCC1.I. The number of morpholine rings is 1. The first-order chi connectivity index (χ1) is 12.0. The summed E-state index contributed by atoms with van der Waals surface area (Å²) in [5, 5.41) is 6.91. The third-order valence-electron chi connectivity index (χ3n) is 4.67. The Morgan fingerprint density at radius 1 is 1.27 bits per heavy atom. The number of thioether (sulfide) groups is 1. The number of hydrogen-bond acceptors (Lipinski definition) is 4. The highest BCUT2D eigenvalue weighted by Gasteiger charge is 2.28. The van der Waals surface area contributed by atoms with E-state index in [1.54, 1.807) is 11.8 Å². The predicted octanol–water partition coefficient (Wildman–Crippen LogP) is 3.11. The highest BCUT2D eigenvalue weighted by atomic mass is 127. The summed E-state index contributed by atoms with van der Waals surface area (Å²) in [4.78, 5) is 8.16. The van der Waals surface area contributed by atoms with Crippen molar-refractivity contribution in [3.05, 3.63) is 29.3 Å². The molecule has 1 aromatic rings.